The molecule has 0 fully saturated rings. The van der Waals surface area contributed by atoms with Crippen molar-refractivity contribution in [2.45, 2.75) is 13.5 Å². The Balaban J connectivity index is 1.99. The van der Waals surface area contributed by atoms with Crippen LogP contribution in [0, 0.1) is 6.92 Å². The Labute approximate surface area is 86.9 Å². The zero-order valence-corrected chi connectivity index (χ0v) is 8.36. The molecule has 0 aliphatic rings. The molecule has 4 N–H and O–H groups in total. The van der Waals surface area contributed by atoms with Gasteiger partial charge in [-0.15, -0.1) is 0 Å². The van der Waals surface area contributed by atoms with Crippen LogP contribution in [0.1, 0.15) is 11.3 Å². The van der Waals surface area contributed by atoms with Gasteiger partial charge in [-0.1, -0.05) is 0 Å². The highest BCUT2D eigenvalue weighted by Gasteiger charge is 2.00. The van der Waals surface area contributed by atoms with Crippen LogP contribution in [0.3, 0.4) is 0 Å². The lowest BCUT2D eigenvalue weighted by molar-refractivity contribution is 1.03. The zero-order valence-electron chi connectivity index (χ0n) is 8.36. The quantitative estimate of drug-likeness (QED) is 0.684. The second kappa shape index (κ2) is 3.95. The van der Waals surface area contributed by atoms with Gasteiger partial charge in [0, 0.05) is 17.8 Å². The summed E-state index contributed by atoms with van der Waals surface area (Å²) in [6.07, 6.45) is 4.91. The van der Waals surface area contributed by atoms with E-state index in [0.29, 0.717) is 18.2 Å². The summed E-state index contributed by atoms with van der Waals surface area (Å²) in [4.78, 5) is 8.01. The number of H-pyrrole nitrogens is 1. The molecule has 0 unspecified atom stereocenters. The molecule has 78 valence electrons. The van der Waals surface area contributed by atoms with E-state index in [2.05, 4.69) is 25.5 Å². The molecule has 6 nitrogen and oxygen atoms in total. The minimum Gasteiger partial charge on any atom is -0.382 e. The summed E-state index contributed by atoms with van der Waals surface area (Å²) in [6, 6.07) is 0. The first kappa shape index (κ1) is 9.45. The lowest BCUT2D eigenvalue weighted by atomic mass is 10.3. The van der Waals surface area contributed by atoms with E-state index in [1.165, 1.54) is 6.20 Å². The maximum Gasteiger partial charge on any atom is 0.144 e. The molecule has 2 heterocycles. The average Bonchev–Trinajstić information content (AvgIpc) is 2.63. The number of hydrogen-bond donors (Lipinski definition) is 3. The molecule has 0 aromatic carbocycles. The van der Waals surface area contributed by atoms with Gasteiger partial charge in [0.25, 0.3) is 0 Å². The minimum atomic E-state index is 0.417. The van der Waals surface area contributed by atoms with E-state index < -0.39 is 0 Å². The first-order chi connectivity index (χ1) is 7.25. The fourth-order valence-corrected chi connectivity index (χ4v) is 1.17. The zero-order chi connectivity index (χ0) is 10.7. The van der Waals surface area contributed by atoms with Crippen LogP contribution in [0.4, 0.5) is 11.6 Å². The summed E-state index contributed by atoms with van der Waals surface area (Å²) in [6.45, 7) is 2.64. The van der Waals surface area contributed by atoms with E-state index >= 15 is 0 Å². The Kier molecular flexibility index (Phi) is 2.49. The molecular formula is C9H12N6. The standard InChI is InChI=1S/C9H12N6/c1-6-7(3-14-15-6)2-12-9-5-11-8(10)4-13-9/h3-5H,2H2,1H3,(H2,10,11)(H,12,13)(H,14,15). The predicted octanol–water partition coefficient (Wildman–Crippen LogP) is 0.702. The Hall–Kier alpha value is -2.11. The molecule has 15 heavy (non-hydrogen) atoms. The summed E-state index contributed by atoms with van der Waals surface area (Å²) in [5.74, 6) is 1.12. The predicted molar refractivity (Wildman–Crippen MR) is 57.1 cm³/mol. The number of anilines is 2. The number of rotatable bonds is 3. The number of hydrogen-bond acceptors (Lipinski definition) is 5. The first-order valence-electron chi connectivity index (χ1n) is 4.56. The van der Waals surface area contributed by atoms with Gasteiger partial charge in [-0.2, -0.15) is 5.10 Å². The van der Waals surface area contributed by atoms with E-state index in [4.69, 9.17) is 5.73 Å². The second-order valence-electron chi connectivity index (χ2n) is 3.20. The highest BCUT2D eigenvalue weighted by molar-refractivity contribution is 5.37. The number of nitrogens with two attached hydrogens (primary N) is 1. The molecule has 0 aliphatic carbocycles. The van der Waals surface area contributed by atoms with Crippen molar-refractivity contribution in [2.24, 2.45) is 0 Å². The molecule has 0 radical (unpaired) electrons. The molecule has 0 spiro atoms. The minimum absolute atomic E-state index is 0.417. The third-order valence-electron chi connectivity index (χ3n) is 2.07. The third kappa shape index (κ3) is 2.22. The van der Waals surface area contributed by atoms with E-state index in [0.717, 1.165) is 11.3 Å². The van der Waals surface area contributed by atoms with E-state index in [1.54, 1.807) is 12.4 Å². The molecule has 0 amide bonds. The average molecular weight is 204 g/mol. The molecule has 0 saturated carbocycles. The van der Waals surface area contributed by atoms with Crippen LogP contribution in [-0.2, 0) is 6.54 Å². The van der Waals surface area contributed by atoms with E-state index in [1.807, 2.05) is 6.92 Å². The van der Waals surface area contributed by atoms with Gasteiger partial charge in [-0.3, -0.25) is 5.10 Å². The second-order valence-corrected chi connectivity index (χ2v) is 3.20. The van der Waals surface area contributed by atoms with E-state index in [-0.39, 0.29) is 0 Å². The fraction of sp³-hybridized carbons (Fsp3) is 0.222. The topological polar surface area (TPSA) is 92.5 Å². The summed E-state index contributed by atoms with van der Waals surface area (Å²) >= 11 is 0. The highest BCUT2D eigenvalue weighted by Crippen LogP contribution is 2.07. The third-order valence-corrected chi connectivity index (χ3v) is 2.07. The van der Waals surface area contributed by atoms with Crippen molar-refractivity contribution in [3.8, 4) is 0 Å². The van der Waals surface area contributed by atoms with Crippen LogP contribution in [0.2, 0.25) is 0 Å². The number of nitrogens with zero attached hydrogens (tertiary/aromatic N) is 3. The molecule has 6 heteroatoms. The summed E-state index contributed by atoms with van der Waals surface area (Å²) in [7, 11) is 0. The summed E-state index contributed by atoms with van der Waals surface area (Å²) in [5.41, 5.74) is 7.58. The van der Waals surface area contributed by atoms with Gasteiger partial charge in [0.2, 0.25) is 0 Å². The smallest absolute Gasteiger partial charge is 0.144 e. The molecule has 0 aliphatic heterocycles. The van der Waals surface area contributed by atoms with Crippen molar-refractivity contribution in [3.05, 3.63) is 29.8 Å². The normalized spacial score (nSPS) is 10.2. The van der Waals surface area contributed by atoms with Gasteiger partial charge in [-0.25, -0.2) is 9.97 Å². The van der Waals surface area contributed by atoms with Crippen LogP contribution in [-0.4, -0.2) is 20.2 Å². The SMILES string of the molecule is Cc1[nH]ncc1CNc1cnc(N)cn1. The molecule has 2 aromatic rings. The Bertz CT molecular complexity index is 432. The highest BCUT2D eigenvalue weighted by atomic mass is 15.1. The maximum atomic E-state index is 5.43. The molecule has 0 bridgehead atoms. The van der Waals surface area contributed by atoms with Crippen LogP contribution in [0.15, 0.2) is 18.6 Å². The van der Waals surface area contributed by atoms with Crippen LogP contribution in [0.5, 0.6) is 0 Å². The molecule has 0 atom stereocenters. The van der Waals surface area contributed by atoms with Gasteiger partial charge in [0.15, 0.2) is 0 Å². The van der Waals surface area contributed by atoms with Crippen molar-refractivity contribution in [1.82, 2.24) is 20.2 Å². The largest absolute Gasteiger partial charge is 0.382 e. The Morgan fingerprint density at radius 2 is 2.20 bits per heavy atom. The lowest BCUT2D eigenvalue weighted by Gasteiger charge is -2.03. The van der Waals surface area contributed by atoms with Gasteiger partial charge in [0.1, 0.15) is 11.6 Å². The maximum absolute atomic E-state index is 5.43. The number of nitrogens with one attached hydrogen (secondary N) is 2. The summed E-state index contributed by atoms with van der Waals surface area (Å²) in [5, 5.41) is 9.92. The molecule has 2 rings (SSSR count). The van der Waals surface area contributed by atoms with Crippen LogP contribution < -0.4 is 11.1 Å². The monoisotopic (exact) mass is 204 g/mol. The van der Waals surface area contributed by atoms with Gasteiger partial charge in [0.05, 0.1) is 18.6 Å². The van der Waals surface area contributed by atoms with E-state index in [9.17, 15) is 0 Å². The summed E-state index contributed by atoms with van der Waals surface area (Å²) < 4.78 is 0. The number of nitrogen functional groups attached to an aromatic ring is 1. The number of aromatic nitrogens is 4. The number of aryl methyl sites for hydroxylation is 1. The molecule has 0 saturated heterocycles. The van der Waals surface area contributed by atoms with Crippen molar-refractivity contribution in [2.75, 3.05) is 11.1 Å². The van der Waals surface area contributed by atoms with Gasteiger partial charge in [-0.05, 0) is 6.92 Å². The number of aromatic amines is 1. The van der Waals surface area contributed by atoms with Crippen molar-refractivity contribution in [3.63, 3.8) is 0 Å². The van der Waals surface area contributed by atoms with Crippen molar-refractivity contribution < 1.29 is 0 Å². The van der Waals surface area contributed by atoms with Crippen LogP contribution in [0.25, 0.3) is 0 Å². The Morgan fingerprint density at radius 1 is 1.33 bits per heavy atom. The lowest BCUT2D eigenvalue weighted by Crippen LogP contribution is -2.03. The van der Waals surface area contributed by atoms with Crippen molar-refractivity contribution in [1.29, 1.82) is 0 Å². The Morgan fingerprint density at radius 3 is 2.80 bits per heavy atom. The first-order valence-corrected chi connectivity index (χ1v) is 4.56. The van der Waals surface area contributed by atoms with Crippen molar-refractivity contribution >= 4 is 11.6 Å². The van der Waals surface area contributed by atoms with Crippen LogP contribution >= 0.6 is 0 Å². The molecule has 2 aromatic heterocycles. The van der Waals surface area contributed by atoms with Gasteiger partial charge >= 0.3 is 0 Å². The fourth-order valence-electron chi connectivity index (χ4n) is 1.17. The molecular weight excluding hydrogens is 192 g/mol. The van der Waals surface area contributed by atoms with Gasteiger partial charge < -0.3 is 11.1 Å².